The Labute approximate surface area is 151 Å². The van der Waals surface area contributed by atoms with Crippen molar-refractivity contribution in [3.8, 4) is 0 Å². The van der Waals surface area contributed by atoms with Gasteiger partial charge in [0.05, 0.1) is 12.1 Å². The lowest BCUT2D eigenvalue weighted by Crippen LogP contribution is -2.42. The minimum Gasteiger partial charge on any atom is -0.340 e. The Hall–Kier alpha value is -2.41. The fourth-order valence-corrected chi connectivity index (χ4v) is 3.66. The number of likely N-dealkylation sites (tertiary alicyclic amines) is 1. The van der Waals surface area contributed by atoms with E-state index in [1.54, 1.807) is 0 Å². The summed E-state index contributed by atoms with van der Waals surface area (Å²) >= 11 is 1.32. The van der Waals surface area contributed by atoms with E-state index in [9.17, 15) is 9.59 Å². The number of thiazole rings is 1. The molecule has 7 heteroatoms. The summed E-state index contributed by atoms with van der Waals surface area (Å²) in [6.45, 7) is 2.92. The van der Waals surface area contributed by atoms with Crippen LogP contribution in [-0.2, 0) is 11.2 Å². The zero-order valence-electron chi connectivity index (χ0n) is 14.2. The molecule has 2 aromatic rings. The number of amides is 3. The summed E-state index contributed by atoms with van der Waals surface area (Å²) in [5.74, 6) is 0.109. The lowest BCUT2D eigenvalue weighted by Gasteiger charge is -2.33. The Morgan fingerprint density at radius 1 is 1.24 bits per heavy atom. The normalized spacial score (nSPS) is 17.2. The number of para-hydroxylation sites is 1. The second-order valence-electron chi connectivity index (χ2n) is 6.20. The van der Waals surface area contributed by atoms with Crippen LogP contribution >= 0.6 is 11.3 Å². The van der Waals surface area contributed by atoms with Crippen LogP contribution in [0.5, 0.6) is 0 Å². The lowest BCUT2D eigenvalue weighted by molar-refractivity contribution is -0.133. The third kappa shape index (κ3) is 4.79. The van der Waals surface area contributed by atoms with E-state index < -0.39 is 0 Å². The first-order valence-corrected chi connectivity index (χ1v) is 9.37. The molecule has 1 aromatic heterocycles. The van der Waals surface area contributed by atoms with E-state index in [0.717, 1.165) is 19.4 Å². The predicted molar refractivity (Wildman–Crippen MR) is 99.9 cm³/mol. The van der Waals surface area contributed by atoms with Crippen molar-refractivity contribution >= 4 is 34.1 Å². The SMILES string of the molecule is CC1CCCCN1C(=O)Cc1csc(NC(=O)Nc2ccccc2)n1. The van der Waals surface area contributed by atoms with E-state index in [0.29, 0.717) is 22.6 Å². The first-order valence-electron chi connectivity index (χ1n) is 8.49. The lowest BCUT2D eigenvalue weighted by atomic mass is 10.0. The average Bonchev–Trinajstić information content (AvgIpc) is 3.02. The number of nitrogens with zero attached hydrogens (tertiary/aromatic N) is 2. The van der Waals surface area contributed by atoms with Gasteiger partial charge in [-0.2, -0.15) is 0 Å². The summed E-state index contributed by atoms with van der Waals surface area (Å²) in [6, 6.07) is 9.17. The summed E-state index contributed by atoms with van der Waals surface area (Å²) in [5, 5.41) is 7.76. The van der Waals surface area contributed by atoms with E-state index in [4.69, 9.17) is 0 Å². The van der Waals surface area contributed by atoms with Crippen molar-refractivity contribution in [1.29, 1.82) is 0 Å². The molecule has 1 fully saturated rings. The molecule has 2 N–H and O–H groups in total. The highest BCUT2D eigenvalue weighted by atomic mass is 32.1. The Morgan fingerprint density at radius 2 is 2.04 bits per heavy atom. The first-order chi connectivity index (χ1) is 12.1. The van der Waals surface area contributed by atoms with E-state index in [2.05, 4.69) is 22.5 Å². The number of carbonyl (C=O) groups excluding carboxylic acids is 2. The summed E-state index contributed by atoms with van der Waals surface area (Å²) in [6.07, 6.45) is 3.60. The van der Waals surface area contributed by atoms with Gasteiger partial charge in [0.1, 0.15) is 0 Å². The van der Waals surface area contributed by atoms with Gasteiger partial charge in [-0.15, -0.1) is 11.3 Å². The molecule has 1 aliphatic rings. The number of hydrogen-bond donors (Lipinski definition) is 2. The molecule has 3 rings (SSSR count). The quantitative estimate of drug-likeness (QED) is 0.874. The van der Waals surface area contributed by atoms with E-state index in [-0.39, 0.29) is 18.4 Å². The summed E-state index contributed by atoms with van der Waals surface area (Å²) < 4.78 is 0. The van der Waals surface area contributed by atoms with Crippen molar-refractivity contribution in [3.05, 3.63) is 41.4 Å². The van der Waals surface area contributed by atoms with Gasteiger partial charge in [-0.05, 0) is 38.3 Å². The second kappa shape index (κ2) is 8.11. The van der Waals surface area contributed by atoms with Crippen molar-refractivity contribution in [2.45, 2.75) is 38.6 Å². The average molecular weight is 358 g/mol. The number of carbonyl (C=O) groups is 2. The maximum atomic E-state index is 12.4. The summed E-state index contributed by atoms with van der Waals surface area (Å²) in [7, 11) is 0. The number of anilines is 2. The predicted octanol–water partition coefficient (Wildman–Crippen LogP) is 3.73. The van der Waals surface area contributed by atoms with Gasteiger partial charge in [0.15, 0.2) is 5.13 Å². The molecule has 0 bridgehead atoms. The standard InChI is InChI=1S/C18H22N4O2S/c1-13-7-5-6-10-22(13)16(23)11-15-12-25-18(20-15)21-17(24)19-14-8-3-2-4-9-14/h2-4,8-9,12-13H,5-7,10-11H2,1H3,(H2,19,20,21,24). The van der Waals surface area contributed by atoms with Gasteiger partial charge in [-0.25, -0.2) is 9.78 Å². The number of urea groups is 1. The van der Waals surface area contributed by atoms with Crippen LogP contribution in [0.2, 0.25) is 0 Å². The number of benzene rings is 1. The van der Waals surface area contributed by atoms with Crippen LogP contribution in [-0.4, -0.2) is 34.4 Å². The highest BCUT2D eigenvalue weighted by molar-refractivity contribution is 7.14. The van der Waals surface area contributed by atoms with Crippen molar-refractivity contribution in [3.63, 3.8) is 0 Å². The minimum atomic E-state index is -0.344. The molecule has 0 spiro atoms. The number of hydrogen-bond acceptors (Lipinski definition) is 4. The second-order valence-corrected chi connectivity index (χ2v) is 7.06. The number of piperidine rings is 1. The Bertz CT molecular complexity index is 732. The van der Waals surface area contributed by atoms with Gasteiger partial charge in [-0.3, -0.25) is 10.1 Å². The molecular weight excluding hydrogens is 336 g/mol. The van der Waals surface area contributed by atoms with Gasteiger partial charge in [0.2, 0.25) is 5.91 Å². The van der Waals surface area contributed by atoms with Gasteiger partial charge >= 0.3 is 6.03 Å². The van der Waals surface area contributed by atoms with Gasteiger partial charge in [0.25, 0.3) is 0 Å². The molecule has 1 unspecified atom stereocenters. The van der Waals surface area contributed by atoms with Gasteiger partial charge in [0, 0.05) is 23.7 Å². The van der Waals surface area contributed by atoms with Crippen LogP contribution in [0.25, 0.3) is 0 Å². The maximum absolute atomic E-state index is 12.4. The minimum absolute atomic E-state index is 0.109. The van der Waals surface area contributed by atoms with Crippen LogP contribution in [0.4, 0.5) is 15.6 Å². The van der Waals surface area contributed by atoms with Crippen LogP contribution in [0, 0.1) is 0 Å². The molecule has 3 amide bonds. The fourth-order valence-electron chi connectivity index (χ4n) is 2.95. The monoisotopic (exact) mass is 358 g/mol. The summed E-state index contributed by atoms with van der Waals surface area (Å²) in [4.78, 5) is 30.7. The highest BCUT2D eigenvalue weighted by Gasteiger charge is 2.23. The highest BCUT2D eigenvalue weighted by Crippen LogP contribution is 2.20. The summed E-state index contributed by atoms with van der Waals surface area (Å²) in [5.41, 5.74) is 1.41. The smallest absolute Gasteiger partial charge is 0.325 e. The molecular formula is C18H22N4O2S. The molecule has 1 saturated heterocycles. The first kappa shape index (κ1) is 17.4. The van der Waals surface area contributed by atoms with Gasteiger partial charge < -0.3 is 10.2 Å². The molecule has 0 saturated carbocycles. The largest absolute Gasteiger partial charge is 0.340 e. The molecule has 0 radical (unpaired) electrons. The molecule has 1 aliphatic heterocycles. The third-order valence-electron chi connectivity index (χ3n) is 4.26. The van der Waals surface area contributed by atoms with Crippen LogP contribution < -0.4 is 10.6 Å². The van der Waals surface area contributed by atoms with Crippen molar-refractivity contribution in [1.82, 2.24) is 9.88 Å². The van der Waals surface area contributed by atoms with E-state index in [1.165, 1.54) is 17.8 Å². The zero-order valence-corrected chi connectivity index (χ0v) is 15.0. The Kier molecular flexibility index (Phi) is 5.65. The Balaban J connectivity index is 1.53. The molecule has 6 nitrogen and oxygen atoms in total. The van der Waals surface area contributed by atoms with Crippen LogP contribution in [0.15, 0.2) is 35.7 Å². The van der Waals surface area contributed by atoms with Crippen LogP contribution in [0.1, 0.15) is 31.9 Å². The number of aromatic nitrogens is 1. The molecule has 1 atom stereocenters. The molecule has 0 aliphatic carbocycles. The van der Waals surface area contributed by atoms with E-state index in [1.807, 2.05) is 40.6 Å². The topological polar surface area (TPSA) is 74.3 Å². The molecule has 132 valence electrons. The van der Waals surface area contributed by atoms with Crippen molar-refractivity contribution in [2.24, 2.45) is 0 Å². The van der Waals surface area contributed by atoms with Crippen molar-refractivity contribution in [2.75, 3.05) is 17.2 Å². The van der Waals surface area contributed by atoms with E-state index >= 15 is 0 Å². The van der Waals surface area contributed by atoms with Gasteiger partial charge in [-0.1, -0.05) is 18.2 Å². The number of rotatable bonds is 4. The molecule has 25 heavy (non-hydrogen) atoms. The molecule has 1 aromatic carbocycles. The fraction of sp³-hybridized carbons (Fsp3) is 0.389. The van der Waals surface area contributed by atoms with Crippen LogP contribution in [0.3, 0.4) is 0 Å². The maximum Gasteiger partial charge on any atom is 0.325 e. The third-order valence-corrected chi connectivity index (χ3v) is 5.07. The Morgan fingerprint density at radius 3 is 2.80 bits per heavy atom. The zero-order chi connectivity index (χ0) is 17.6. The van der Waals surface area contributed by atoms with Crippen molar-refractivity contribution < 1.29 is 9.59 Å². The molecule has 2 heterocycles. The number of nitrogens with one attached hydrogen (secondary N) is 2.